The van der Waals surface area contributed by atoms with E-state index in [2.05, 4.69) is 10.3 Å². The summed E-state index contributed by atoms with van der Waals surface area (Å²) in [4.78, 5) is 15.8. The number of primary amides is 1. The third-order valence-electron chi connectivity index (χ3n) is 2.37. The van der Waals surface area contributed by atoms with Crippen molar-refractivity contribution in [1.82, 2.24) is 4.98 Å². The SMILES string of the molecule is Cc1nc(C(Nc2ccc(Cl)cc2)C(N)=O)cs1. The quantitative estimate of drug-likeness (QED) is 0.905. The van der Waals surface area contributed by atoms with Crippen molar-refractivity contribution >= 4 is 34.5 Å². The molecular formula is C12H12ClN3OS. The van der Waals surface area contributed by atoms with E-state index in [4.69, 9.17) is 17.3 Å². The van der Waals surface area contributed by atoms with Crippen molar-refractivity contribution in [3.05, 3.63) is 45.4 Å². The van der Waals surface area contributed by atoms with E-state index in [0.29, 0.717) is 10.7 Å². The molecule has 0 bridgehead atoms. The van der Waals surface area contributed by atoms with Gasteiger partial charge < -0.3 is 11.1 Å². The second kappa shape index (κ2) is 5.37. The van der Waals surface area contributed by atoms with Gasteiger partial charge >= 0.3 is 0 Å². The summed E-state index contributed by atoms with van der Waals surface area (Å²) in [6, 6.07) is 6.44. The maximum atomic E-state index is 11.5. The van der Waals surface area contributed by atoms with Crippen LogP contribution in [0.15, 0.2) is 29.6 Å². The zero-order valence-electron chi connectivity index (χ0n) is 9.68. The molecule has 0 fully saturated rings. The number of benzene rings is 1. The van der Waals surface area contributed by atoms with Gasteiger partial charge in [0.25, 0.3) is 0 Å². The van der Waals surface area contributed by atoms with Crippen LogP contribution in [0.3, 0.4) is 0 Å². The maximum Gasteiger partial charge on any atom is 0.246 e. The fraction of sp³-hybridized carbons (Fsp3) is 0.167. The van der Waals surface area contributed by atoms with Crippen LogP contribution in [0.2, 0.25) is 5.02 Å². The Morgan fingerprint density at radius 1 is 1.44 bits per heavy atom. The highest BCUT2D eigenvalue weighted by Crippen LogP contribution is 2.22. The van der Waals surface area contributed by atoms with Gasteiger partial charge in [-0.15, -0.1) is 11.3 Å². The van der Waals surface area contributed by atoms with E-state index in [9.17, 15) is 4.79 Å². The molecule has 1 aromatic heterocycles. The van der Waals surface area contributed by atoms with Crippen LogP contribution in [-0.4, -0.2) is 10.9 Å². The van der Waals surface area contributed by atoms with E-state index in [1.165, 1.54) is 11.3 Å². The molecule has 0 aliphatic rings. The van der Waals surface area contributed by atoms with Crippen LogP contribution >= 0.6 is 22.9 Å². The van der Waals surface area contributed by atoms with Gasteiger partial charge in [0.2, 0.25) is 5.91 Å². The zero-order valence-corrected chi connectivity index (χ0v) is 11.3. The molecule has 1 atom stereocenters. The standard InChI is InChI=1S/C12H12ClN3OS/c1-7-15-10(6-18-7)11(12(14)17)16-9-4-2-8(13)3-5-9/h2-6,11,16H,1H3,(H2,14,17). The van der Waals surface area contributed by atoms with Crippen LogP contribution < -0.4 is 11.1 Å². The summed E-state index contributed by atoms with van der Waals surface area (Å²) in [7, 11) is 0. The summed E-state index contributed by atoms with van der Waals surface area (Å²) in [5, 5.41) is 6.41. The summed E-state index contributed by atoms with van der Waals surface area (Å²) in [5.41, 5.74) is 6.80. The summed E-state index contributed by atoms with van der Waals surface area (Å²) >= 11 is 7.28. The van der Waals surface area contributed by atoms with E-state index >= 15 is 0 Å². The zero-order chi connectivity index (χ0) is 13.1. The molecule has 0 spiro atoms. The first-order valence-corrected chi connectivity index (χ1v) is 6.55. The summed E-state index contributed by atoms with van der Waals surface area (Å²) in [6.07, 6.45) is 0. The average molecular weight is 282 g/mol. The van der Waals surface area contributed by atoms with Crippen LogP contribution in [0.1, 0.15) is 16.7 Å². The predicted molar refractivity (Wildman–Crippen MR) is 73.9 cm³/mol. The Balaban J connectivity index is 2.22. The molecule has 1 amide bonds. The molecule has 0 radical (unpaired) electrons. The molecule has 18 heavy (non-hydrogen) atoms. The predicted octanol–water partition coefficient (Wildman–Crippen LogP) is 2.74. The number of hydrogen-bond donors (Lipinski definition) is 2. The number of halogens is 1. The van der Waals surface area contributed by atoms with Crippen molar-refractivity contribution in [3.63, 3.8) is 0 Å². The van der Waals surface area contributed by atoms with Gasteiger partial charge in [0.15, 0.2) is 0 Å². The molecule has 3 N–H and O–H groups in total. The number of anilines is 1. The fourth-order valence-corrected chi connectivity index (χ4v) is 2.28. The minimum absolute atomic E-state index is 0.463. The number of amides is 1. The molecule has 4 nitrogen and oxygen atoms in total. The Kier molecular flexibility index (Phi) is 3.84. The third kappa shape index (κ3) is 3.00. The Hall–Kier alpha value is -1.59. The second-order valence-electron chi connectivity index (χ2n) is 3.78. The van der Waals surface area contributed by atoms with Gasteiger partial charge in [-0.3, -0.25) is 4.79 Å². The molecule has 1 unspecified atom stereocenters. The Labute approximate surface area is 114 Å². The minimum atomic E-state index is -0.629. The lowest BCUT2D eigenvalue weighted by Gasteiger charge is -2.14. The Morgan fingerprint density at radius 3 is 2.61 bits per heavy atom. The van der Waals surface area contributed by atoms with E-state index in [1.54, 1.807) is 24.3 Å². The number of nitrogens with two attached hydrogens (primary N) is 1. The van der Waals surface area contributed by atoms with Gasteiger partial charge in [0.05, 0.1) is 10.7 Å². The monoisotopic (exact) mass is 281 g/mol. The van der Waals surface area contributed by atoms with Crippen LogP contribution in [-0.2, 0) is 4.79 Å². The number of aryl methyl sites for hydroxylation is 1. The number of nitrogens with zero attached hydrogens (tertiary/aromatic N) is 1. The summed E-state index contributed by atoms with van der Waals surface area (Å²) < 4.78 is 0. The highest BCUT2D eigenvalue weighted by molar-refractivity contribution is 7.09. The fourth-order valence-electron chi connectivity index (χ4n) is 1.52. The van der Waals surface area contributed by atoms with Crippen molar-refractivity contribution in [2.45, 2.75) is 13.0 Å². The number of hydrogen-bond acceptors (Lipinski definition) is 4. The number of rotatable bonds is 4. The highest BCUT2D eigenvalue weighted by atomic mass is 35.5. The summed E-state index contributed by atoms with van der Waals surface area (Å²) in [6.45, 7) is 1.88. The van der Waals surface area contributed by atoms with Crippen molar-refractivity contribution in [2.24, 2.45) is 5.73 Å². The van der Waals surface area contributed by atoms with Crippen molar-refractivity contribution in [2.75, 3.05) is 5.32 Å². The maximum absolute atomic E-state index is 11.5. The number of aromatic nitrogens is 1. The molecule has 6 heteroatoms. The number of nitrogens with one attached hydrogen (secondary N) is 1. The van der Waals surface area contributed by atoms with Gasteiger partial charge in [-0.2, -0.15) is 0 Å². The number of thiazole rings is 1. The lowest BCUT2D eigenvalue weighted by Crippen LogP contribution is -2.28. The van der Waals surface area contributed by atoms with Gasteiger partial charge in [0.1, 0.15) is 6.04 Å². The smallest absolute Gasteiger partial charge is 0.246 e. The second-order valence-corrected chi connectivity index (χ2v) is 5.28. The topological polar surface area (TPSA) is 68.0 Å². The van der Waals surface area contributed by atoms with Crippen LogP contribution in [0.4, 0.5) is 5.69 Å². The van der Waals surface area contributed by atoms with E-state index in [-0.39, 0.29) is 0 Å². The lowest BCUT2D eigenvalue weighted by molar-refractivity contribution is -0.118. The summed E-state index contributed by atoms with van der Waals surface area (Å²) in [5.74, 6) is -0.463. The third-order valence-corrected chi connectivity index (χ3v) is 3.42. The largest absolute Gasteiger partial charge is 0.369 e. The first-order chi connectivity index (χ1) is 8.56. The normalized spacial score (nSPS) is 12.1. The molecule has 0 saturated carbocycles. The first-order valence-electron chi connectivity index (χ1n) is 5.29. The van der Waals surface area contributed by atoms with Crippen molar-refractivity contribution < 1.29 is 4.79 Å². The van der Waals surface area contributed by atoms with E-state index in [0.717, 1.165) is 10.7 Å². The number of carbonyl (C=O) groups excluding carboxylic acids is 1. The lowest BCUT2D eigenvalue weighted by atomic mass is 10.2. The highest BCUT2D eigenvalue weighted by Gasteiger charge is 2.20. The average Bonchev–Trinajstić information content (AvgIpc) is 2.74. The van der Waals surface area contributed by atoms with Gasteiger partial charge in [-0.25, -0.2) is 4.98 Å². The molecule has 1 aromatic carbocycles. The Bertz CT molecular complexity index is 553. The van der Waals surface area contributed by atoms with Crippen LogP contribution in [0.25, 0.3) is 0 Å². The van der Waals surface area contributed by atoms with Crippen molar-refractivity contribution in [1.29, 1.82) is 0 Å². The van der Waals surface area contributed by atoms with Crippen LogP contribution in [0, 0.1) is 6.92 Å². The molecule has 0 saturated heterocycles. The number of carbonyl (C=O) groups is 1. The molecule has 0 aliphatic carbocycles. The van der Waals surface area contributed by atoms with E-state index in [1.807, 2.05) is 12.3 Å². The molecule has 2 aromatic rings. The molecule has 1 heterocycles. The molecule has 2 rings (SSSR count). The molecule has 0 aliphatic heterocycles. The molecule has 94 valence electrons. The van der Waals surface area contributed by atoms with Gasteiger partial charge in [-0.1, -0.05) is 11.6 Å². The minimum Gasteiger partial charge on any atom is -0.369 e. The molecular weight excluding hydrogens is 270 g/mol. The van der Waals surface area contributed by atoms with E-state index < -0.39 is 11.9 Å². The van der Waals surface area contributed by atoms with Gasteiger partial charge in [-0.05, 0) is 31.2 Å². The first kappa shape index (κ1) is 12.9. The van der Waals surface area contributed by atoms with Gasteiger partial charge in [0, 0.05) is 16.1 Å². The van der Waals surface area contributed by atoms with Crippen LogP contribution in [0.5, 0.6) is 0 Å². The van der Waals surface area contributed by atoms with Crippen molar-refractivity contribution in [3.8, 4) is 0 Å². The Morgan fingerprint density at radius 2 is 2.11 bits per heavy atom.